The van der Waals surface area contributed by atoms with Crippen LogP contribution in [0.5, 0.6) is 5.75 Å². The Labute approximate surface area is 164 Å². The van der Waals surface area contributed by atoms with Gasteiger partial charge in [0, 0.05) is 24.8 Å². The zero-order valence-electron chi connectivity index (χ0n) is 15.7. The molecule has 0 spiro atoms. The maximum Gasteiger partial charge on any atom is 0.258 e. The average Bonchev–Trinajstić information content (AvgIpc) is 3.41. The highest BCUT2D eigenvalue weighted by Crippen LogP contribution is 2.17. The van der Waals surface area contributed by atoms with E-state index in [0.717, 1.165) is 13.1 Å². The fourth-order valence-electron chi connectivity index (χ4n) is 3.47. The maximum atomic E-state index is 12.2. The van der Waals surface area contributed by atoms with Gasteiger partial charge in [0.05, 0.1) is 24.5 Å². The zero-order valence-corrected chi connectivity index (χ0v) is 16.5. The highest BCUT2D eigenvalue weighted by molar-refractivity contribution is 7.10. The van der Waals surface area contributed by atoms with Crippen molar-refractivity contribution in [3.05, 3.63) is 52.2 Å². The van der Waals surface area contributed by atoms with Crippen molar-refractivity contribution in [2.75, 3.05) is 26.2 Å². The van der Waals surface area contributed by atoms with Gasteiger partial charge in [0.1, 0.15) is 11.8 Å². The minimum Gasteiger partial charge on any atom is -0.484 e. The van der Waals surface area contributed by atoms with E-state index in [1.807, 2.05) is 6.92 Å². The molecule has 0 saturated carbocycles. The minimum absolute atomic E-state index is 0.0203. The Hall–Kier alpha value is -2.18. The molecule has 5 nitrogen and oxygen atoms in total. The fraction of sp³-hybridized carbons (Fsp3) is 0.429. The van der Waals surface area contributed by atoms with Gasteiger partial charge in [0.2, 0.25) is 0 Å². The average molecular weight is 388 g/mol. The number of likely N-dealkylation sites (tertiary alicyclic amines) is 1. The van der Waals surface area contributed by atoms with Gasteiger partial charge in [-0.1, -0.05) is 13.0 Å². The van der Waals surface area contributed by atoms with Gasteiger partial charge in [-0.15, -0.1) is 11.3 Å². The molecule has 1 aliphatic rings. The molecule has 6 heteroatoms. The molecule has 1 fully saturated rings. The third-order valence-electron chi connectivity index (χ3n) is 5.00. The van der Waals surface area contributed by atoms with Crippen LogP contribution in [0, 0.1) is 0 Å². The van der Waals surface area contributed by atoms with Crippen molar-refractivity contribution in [3.63, 3.8) is 0 Å². The molecule has 2 aromatic rings. The summed E-state index contributed by atoms with van der Waals surface area (Å²) >= 11 is 1.75. The van der Waals surface area contributed by atoms with Crippen LogP contribution in [0.1, 0.15) is 47.5 Å². The zero-order chi connectivity index (χ0) is 19.1. The summed E-state index contributed by atoms with van der Waals surface area (Å²) in [6, 6.07) is 11.5. The number of hydrogen-bond donors (Lipinski definition) is 2. The highest BCUT2D eigenvalue weighted by atomic mass is 32.1. The van der Waals surface area contributed by atoms with Gasteiger partial charge < -0.3 is 15.0 Å². The van der Waals surface area contributed by atoms with Crippen molar-refractivity contribution >= 4 is 23.0 Å². The van der Waals surface area contributed by atoms with Gasteiger partial charge in [-0.2, -0.15) is 0 Å². The molecule has 0 unspecified atom stereocenters. The summed E-state index contributed by atoms with van der Waals surface area (Å²) in [5.41, 5.74) is 0.668. The number of carbonyl (C=O) groups excluding carboxylic acids is 2. The summed E-state index contributed by atoms with van der Waals surface area (Å²) in [6.45, 7) is 4.77. The monoisotopic (exact) mass is 387 g/mol. The van der Waals surface area contributed by atoms with Gasteiger partial charge in [0.15, 0.2) is 12.4 Å². The lowest BCUT2D eigenvalue weighted by molar-refractivity contribution is -0.918. The Bertz CT molecular complexity index is 737. The van der Waals surface area contributed by atoms with Crippen LogP contribution in [0.4, 0.5) is 0 Å². The summed E-state index contributed by atoms with van der Waals surface area (Å²) in [6.07, 6.45) is 2.99. The second kappa shape index (κ2) is 9.67. The molecule has 1 aliphatic heterocycles. The van der Waals surface area contributed by atoms with Gasteiger partial charge in [-0.3, -0.25) is 9.59 Å². The standard InChI is InChI=1S/C21H26N2O3S/c1-2-19(24)16-7-9-17(10-8-16)26-15-21(25)22-14-18(20-6-5-13-27-20)23-11-3-4-12-23/h5-10,13,18H,2-4,11-12,14-15H2,1H3,(H,22,25)/p+1/t18-/m1/s1. The lowest BCUT2D eigenvalue weighted by Gasteiger charge is -2.24. The van der Waals surface area contributed by atoms with E-state index in [9.17, 15) is 9.59 Å². The molecule has 0 aliphatic carbocycles. The first-order valence-corrected chi connectivity index (χ1v) is 10.5. The Morgan fingerprint density at radius 1 is 1.19 bits per heavy atom. The molecule has 1 aromatic carbocycles. The number of quaternary nitrogens is 1. The van der Waals surface area contributed by atoms with Gasteiger partial charge in [-0.25, -0.2) is 0 Å². The first kappa shape index (κ1) is 19.6. The van der Waals surface area contributed by atoms with Crippen molar-refractivity contribution in [1.29, 1.82) is 0 Å². The minimum atomic E-state index is -0.121. The quantitative estimate of drug-likeness (QED) is 0.649. The number of nitrogens with one attached hydrogen (secondary N) is 2. The van der Waals surface area contributed by atoms with E-state index >= 15 is 0 Å². The molecule has 0 radical (unpaired) electrons. The van der Waals surface area contributed by atoms with Crippen LogP contribution in [0.3, 0.4) is 0 Å². The summed E-state index contributed by atoms with van der Waals surface area (Å²) in [4.78, 5) is 26.7. The molecule has 1 amide bonds. The van der Waals surface area contributed by atoms with Crippen molar-refractivity contribution < 1.29 is 19.2 Å². The van der Waals surface area contributed by atoms with Crippen LogP contribution in [0.15, 0.2) is 41.8 Å². The molecular weight excluding hydrogens is 360 g/mol. The molecule has 0 bridgehead atoms. The van der Waals surface area contributed by atoms with Crippen molar-refractivity contribution in [2.24, 2.45) is 0 Å². The number of Topliss-reactive ketones (excluding diaryl/α,β-unsaturated/α-hetero) is 1. The normalized spacial score (nSPS) is 15.4. The maximum absolute atomic E-state index is 12.2. The van der Waals surface area contributed by atoms with E-state index in [4.69, 9.17) is 4.74 Å². The lowest BCUT2D eigenvalue weighted by atomic mass is 10.1. The Morgan fingerprint density at radius 3 is 2.56 bits per heavy atom. The van der Waals surface area contributed by atoms with Crippen LogP contribution in [0.2, 0.25) is 0 Å². The molecule has 1 atom stereocenters. The van der Waals surface area contributed by atoms with Crippen LogP contribution >= 0.6 is 11.3 Å². The van der Waals surface area contributed by atoms with Crippen molar-refractivity contribution in [3.8, 4) is 5.75 Å². The van der Waals surface area contributed by atoms with Gasteiger partial charge in [-0.05, 0) is 35.7 Å². The van der Waals surface area contributed by atoms with E-state index in [1.54, 1.807) is 40.5 Å². The number of ketones is 1. The Balaban J connectivity index is 1.49. The van der Waals surface area contributed by atoms with Crippen LogP contribution in [-0.2, 0) is 4.79 Å². The second-order valence-electron chi connectivity index (χ2n) is 6.83. The summed E-state index contributed by atoms with van der Waals surface area (Å²) in [5.74, 6) is 0.574. The SMILES string of the molecule is CCC(=O)c1ccc(OCC(=O)NC[C@H](c2cccs2)[NH+]2CCCC2)cc1. The Morgan fingerprint density at radius 2 is 1.93 bits per heavy atom. The number of benzene rings is 1. The topological polar surface area (TPSA) is 59.8 Å². The number of ether oxygens (including phenoxy) is 1. The molecule has 27 heavy (non-hydrogen) atoms. The number of thiophene rings is 1. The van der Waals surface area contributed by atoms with E-state index in [1.165, 1.54) is 17.7 Å². The predicted octanol–water partition coefficient (Wildman–Crippen LogP) is 2.26. The smallest absolute Gasteiger partial charge is 0.258 e. The predicted molar refractivity (Wildman–Crippen MR) is 107 cm³/mol. The summed E-state index contributed by atoms with van der Waals surface area (Å²) in [5, 5.41) is 5.12. The molecule has 1 saturated heterocycles. The third kappa shape index (κ3) is 5.40. The largest absolute Gasteiger partial charge is 0.484 e. The number of carbonyl (C=O) groups is 2. The summed E-state index contributed by atoms with van der Waals surface area (Å²) in [7, 11) is 0. The number of rotatable bonds is 9. The Kier molecular flexibility index (Phi) is 7.01. The fourth-order valence-corrected chi connectivity index (χ4v) is 4.36. The first-order chi connectivity index (χ1) is 13.2. The molecule has 144 valence electrons. The molecule has 3 rings (SSSR count). The van der Waals surface area contributed by atoms with Gasteiger partial charge in [0.25, 0.3) is 5.91 Å². The molecule has 2 heterocycles. The third-order valence-corrected chi connectivity index (χ3v) is 5.98. The first-order valence-electron chi connectivity index (χ1n) is 9.58. The van der Waals surface area contributed by atoms with E-state index in [-0.39, 0.29) is 18.3 Å². The molecule has 2 N–H and O–H groups in total. The molecular formula is C21H27N2O3S+. The molecule has 1 aromatic heterocycles. The van der Waals surface area contributed by atoms with Gasteiger partial charge >= 0.3 is 0 Å². The van der Waals surface area contributed by atoms with Crippen molar-refractivity contribution in [1.82, 2.24) is 5.32 Å². The van der Waals surface area contributed by atoms with E-state index in [2.05, 4.69) is 22.8 Å². The van der Waals surface area contributed by atoms with Crippen LogP contribution < -0.4 is 15.0 Å². The van der Waals surface area contributed by atoms with Crippen molar-refractivity contribution in [2.45, 2.75) is 32.2 Å². The number of amides is 1. The van der Waals surface area contributed by atoms with Crippen LogP contribution in [-0.4, -0.2) is 37.9 Å². The summed E-state index contributed by atoms with van der Waals surface area (Å²) < 4.78 is 5.56. The number of hydrogen-bond acceptors (Lipinski definition) is 4. The second-order valence-corrected chi connectivity index (χ2v) is 7.81. The van der Waals surface area contributed by atoms with E-state index in [0.29, 0.717) is 30.3 Å². The van der Waals surface area contributed by atoms with Crippen LogP contribution in [0.25, 0.3) is 0 Å². The lowest BCUT2D eigenvalue weighted by Crippen LogP contribution is -3.11. The van der Waals surface area contributed by atoms with E-state index < -0.39 is 0 Å². The highest BCUT2D eigenvalue weighted by Gasteiger charge is 2.28.